The number of unbranched alkanes of at least 4 members (excludes halogenated alkanes) is 20. The summed E-state index contributed by atoms with van der Waals surface area (Å²) in [7, 11) is 1.36. The molecule has 0 aliphatic heterocycles. The van der Waals surface area contributed by atoms with Crippen LogP contribution in [0.25, 0.3) is 0 Å². The number of quaternary nitrogens is 1. The fourth-order valence-electron chi connectivity index (χ4n) is 5.25. The molecule has 0 spiro atoms. The Morgan fingerprint density at radius 1 is 0.638 bits per heavy atom. The zero-order valence-electron chi connectivity index (χ0n) is 31.5. The van der Waals surface area contributed by atoms with E-state index in [0.29, 0.717) is 24.1 Å². The molecule has 8 nitrogen and oxygen atoms in total. The third-order valence-corrected chi connectivity index (χ3v) is 9.28. The minimum absolute atomic E-state index is 0.0276. The molecule has 0 aromatic heterocycles. The predicted octanol–water partition coefficient (Wildman–Crippen LogP) is 10.1. The van der Waals surface area contributed by atoms with Crippen LogP contribution in [0.1, 0.15) is 168 Å². The van der Waals surface area contributed by atoms with E-state index in [2.05, 4.69) is 26.0 Å². The Hall–Kier alpha value is -0.760. The second-order valence-corrected chi connectivity index (χ2v) is 15.7. The Labute approximate surface area is 290 Å². The van der Waals surface area contributed by atoms with Crippen molar-refractivity contribution in [2.75, 3.05) is 54.1 Å². The summed E-state index contributed by atoms with van der Waals surface area (Å²) < 4.78 is 34.4. The number of hydrogen-bond donors (Lipinski definition) is 0. The number of allylic oxidation sites excluding steroid dienone is 2. The molecule has 2 unspecified atom stereocenters. The van der Waals surface area contributed by atoms with Gasteiger partial charge in [-0.15, -0.1) is 0 Å². The van der Waals surface area contributed by atoms with Crippen LogP contribution in [-0.4, -0.2) is 70.7 Å². The highest BCUT2D eigenvalue weighted by molar-refractivity contribution is 7.45. The van der Waals surface area contributed by atoms with Crippen LogP contribution >= 0.6 is 7.82 Å². The van der Waals surface area contributed by atoms with Gasteiger partial charge >= 0.3 is 5.97 Å². The largest absolute Gasteiger partial charge is 0.756 e. The lowest BCUT2D eigenvalue weighted by molar-refractivity contribution is -0.870. The molecule has 0 radical (unpaired) electrons. The molecule has 0 bridgehead atoms. The molecular weight excluding hydrogens is 613 g/mol. The highest BCUT2D eigenvalue weighted by Crippen LogP contribution is 2.38. The standard InChI is InChI=1S/C38H76NO7P/c1-6-8-10-12-14-16-17-18-19-20-21-22-24-26-28-30-33-43-35-37(36-45-47(41,42)44-34-32-39(3,4)5)46-38(40)31-29-27-25-23-15-13-11-9-7-2/h18-19,37H,6-17,20-36H2,1-5H3/b19-18-. The monoisotopic (exact) mass is 690 g/mol. The van der Waals surface area contributed by atoms with E-state index in [4.69, 9.17) is 18.5 Å². The molecule has 0 saturated heterocycles. The molecule has 2 atom stereocenters. The van der Waals surface area contributed by atoms with Gasteiger partial charge in [-0.1, -0.05) is 135 Å². The number of phosphoric ester groups is 1. The Balaban J connectivity index is 4.24. The number of phosphoric acid groups is 1. The summed E-state index contributed by atoms with van der Waals surface area (Å²) in [5.74, 6) is -0.339. The smallest absolute Gasteiger partial charge is 0.306 e. The number of ether oxygens (including phenoxy) is 2. The number of nitrogens with zero attached hydrogens (tertiary/aromatic N) is 1. The third kappa shape index (κ3) is 36.3. The molecule has 0 heterocycles. The fraction of sp³-hybridized carbons (Fsp3) is 0.921. The topological polar surface area (TPSA) is 94.1 Å². The van der Waals surface area contributed by atoms with Crippen LogP contribution in [0.2, 0.25) is 0 Å². The molecule has 0 N–H and O–H groups in total. The van der Waals surface area contributed by atoms with Crippen molar-refractivity contribution < 1.29 is 37.3 Å². The highest BCUT2D eigenvalue weighted by atomic mass is 31.2. The lowest BCUT2D eigenvalue weighted by atomic mass is 10.1. The van der Waals surface area contributed by atoms with Gasteiger partial charge in [0.05, 0.1) is 34.4 Å². The first-order valence-electron chi connectivity index (χ1n) is 19.4. The number of carbonyl (C=O) groups excluding carboxylic acids is 1. The molecule has 0 saturated carbocycles. The van der Waals surface area contributed by atoms with Gasteiger partial charge in [-0.25, -0.2) is 0 Å². The number of carbonyl (C=O) groups is 1. The van der Waals surface area contributed by atoms with Crippen molar-refractivity contribution in [3.63, 3.8) is 0 Å². The van der Waals surface area contributed by atoms with E-state index in [1.165, 1.54) is 116 Å². The zero-order valence-corrected chi connectivity index (χ0v) is 32.4. The van der Waals surface area contributed by atoms with Crippen molar-refractivity contribution in [3.05, 3.63) is 12.2 Å². The number of rotatable bonds is 36. The predicted molar refractivity (Wildman–Crippen MR) is 194 cm³/mol. The van der Waals surface area contributed by atoms with Gasteiger partial charge in [-0.05, 0) is 38.5 Å². The van der Waals surface area contributed by atoms with Crippen molar-refractivity contribution in [1.29, 1.82) is 0 Å². The van der Waals surface area contributed by atoms with E-state index in [1.807, 2.05) is 21.1 Å². The van der Waals surface area contributed by atoms with Gasteiger partial charge in [0.1, 0.15) is 19.3 Å². The summed E-state index contributed by atoms with van der Waals surface area (Å²) in [5.41, 5.74) is 0. The van der Waals surface area contributed by atoms with Crippen molar-refractivity contribution >= 4 is 13.8 Å². The van der Waals surface area contributed by atoms with Gasteiger partial charge in [0, 0.05) is 13.0 Å². The Kier molecular flexibility index (Phi) is 31.9. The number of hydrogen-bond acceptors (Lipinski definition) is 7. The third-order valence-electron chi connectivity index (χ3n) is 8.32. The average molecular weight is 690 g/mol. The quantitative estimate of drug-likeness (QED) is 0.0212. The first-order chi connectivity index (χ1) is 22.6. The summed E-state index contributed by atoms with van der Waals surface area (Å²) in [6.45, 7) is 5.38. The van der Waals surface area contributed by atoms with E-state index in [1.54, 1.807) is 0 Å². The van der Waals surface area contributed by atoms with E-state index in [0.717, 1.165) is 32.1 Å². The van der Waals surface area contributed by atoms with Gasteiger partial charge in [0.15, 0.2) is 0 Å². The average Bonchev–Trinajstić information content (AvgIpc) is 3.01. The van der Waals surface area contributed by atoms with E-state index >= 15 is 0 Å². The molecule has 9 heteroatoms. The second-order valence-electron chi connectivity index (χ2n) is 14.3. The maximum Gasteiger partial charge on any atom is 0.306 e. The van der Waals surface area contributed by atoms with E-state index < -0.39 is 13.9 Å². The molecule has 0 aliphatic carbocycles. The van der Waals surface area contributed by atoms with Gasteiger partial charge in [0.25, 0.3) is 7.82 Å². The molecule has 0 rings (SSSR count). The zero-order chi connectivity index (χ0) is 34.9. The minimum atomic E-state index is -4.51. The van der Waals surface area contributed by atoms with Crippen LogP contribution in [-0.2, 0) is 27.9 Å². The van der Waals surface area contributed by atoms with Crippen LogP contribution in [0.15, 0.2) is 12.2 Å². The first kappa shape index (κ1) is 46.2. The van der Waals surface area contributed by atoms with Crippen LogP contribution in [0.3, 0.4) is 0 Å². The maximum absolute atomic E-state index is 12.5. The molecule has 0 amide bonds. The van der Waals surface area contributed by atoms with Gasteiger partial charge < -0.3 is 27.9 Å². The molecule has 0 aromatic rings. The van der Waals surface area contributed by atoms with Crippen molar-refractivity contribution in [3.8, 4) is 0 Å². The van der Waals surface area contributed by atoms with Crippen LogP contribution in [0, 0.1) is 0 Å². The van der Waals surface area contributed by atoms with E-state index in [-0.39, 0.29) is 25.8 Å². The Morgan fingerprint density at radius 3 is 1.62 bits per heavy atom. The Morgan fingerprint density at radius 2 is 1.11 bits per heavy atom. The highest BCUT2D eigenvalue weighted by Gasteiger charge is 2.20. The summed E-state index contributed by atoms with van der Waals surface area (Å²) in [6, 6.07) is 0. The second kappa shape index (κ2) is 32.4. The number of likely N-dealkylation sites (N-methyl/N-ethyl adjacent to an activating group) is 1. The summed E-state index contributed by atoms with van der Waals surface area (Å²) in [5, 5.41) is 0. The van der Waals surface area contributed by atoms with Crippen LogP contribution in [0.5, 0.6) is 0 Å². The maximum atomic E-state index is 12.5. The SMILES string of the molecule is CCCCCCCC/C=C\CCCCCCCCOCC(COP(=O)([O-])OCC[N+](C)(C)C)OC(=O)CCCCCCCCCCC. The molecular formula is C38H76NO7P. The van der Waals surface area contributed by atoms with Gasteiger partial charge in [0.2, 0.25) is 0 Å². The lowest BCUT2D eigenvalue weighted by Gasteiger charge is -2.28. The number of esters is 1. The normalized spacial score (nSPS) is 14.1. The van der Waals surface area contributed by atoms with Crippen molar-refractivity contribution in [1.82, 2.24) is 0 Å². The minimum Gasteiger partial charge on any atom is -0.756 e. The van der Waals surface area contributed by atoms with Crippen LogP contribution < -0.4 is 4.89 Å². The van der Waals surface area contributed by atoms with E-state index in [9.17, 15) is 14.3 Å². The summed E-state index contributed by atoms with van der Waals surface area (Å²) >= 11 is 0. The first-order valence-corrected chi connectivity index (χ1v) is 20.9. The van der Waals surface area contributed by atoms with Crippen LogP contribution in [0.4, 0.5) is 0 Å². The summed E-state index contributed by atoms with van der Waals surface area (Å²) in [4.78, 5) is 24.8. The molecule has 0 aromatic carbocycles. The molecule has 0 fully saturated rings. The Bertz CT molecular complexity index is 772. The van der Waals surface area contributed by atoms with Crippen molar-refractivity contribution in [2.24, 2.45) is 0 Å². The molecule has 47 heavy (non-hydrogen) atoms. The van der Waals surface area contributed by atoms with Gasteiger partial charge in [-0.3, -0.25) is 9.36 Å². The fourth-order valence-corrected chi connectivity index (χ4v) is 5.97. The van der Waals surface area contributed by atoms with Crippen molar-refractivity contribution in [2.45, 2.75) is 174 Å². The lowest BCUT2D eigenvalue weighted by Crippen LogP contribution is -2.37. The molecule has 280 valence electrons. The summed E-state index contributed by atoms with van der Waals surface area (Å²) in [6.07, 6.45) is 32.2. The molecule has 0 aliphatic rings. The van der Waals surface area contributed by atoms with Gasteiger partial charge in [-0.2, -0.15) is 0 Å².